The van der Waals surface area contributed by atoms with E-state index in [1.807, 2.05) is 30.3 Å². The normalized spacial score (nSPS) is 10.2. The second-order valence-corrected chi connectivity index (χ2v) is 3.41. The molecule has 15 heavy (non-hydrogen) atoms. The standard InChI is InChI=1S/C13H13NO/c1-15-12-6-5-10-3-2-4-11(7-8-14)13(10)9-12/h2-6,8-9,14H,7H2,1H3. The molecule has 0 saturated heterocycles. The zero-order valence-corrected chi connectivity index (χ0v) is 8.66. The number of hydrogen-bond donors (Lipinski definition) is 1. The number of ether oxygens (including phenoxy) is 1. The number of methoxy groups -OCH3 is 1. The average molecular weight is 199 g/mol. The molecular formula is C13H13NO. The van der Waals surface area contributed by atoms with Crippen LogP contribution in [0.3, 0.4) is 0 Å². The summed E-state index contributed by atoms with van der Waals surface area (Å²) in [5.74, 6) is 0.861. The predicted octanol–water partition coefficient (Wildman–Crippen LogP) is 3.04. The van der Waals surface area contributed by atoms with Crippen molar-refractivity contribution in [2.24, 2.45) is 0 Å². The summed E-state index contributed by atoms with van der Waals surface area (Å²) in [7, 11) is 1.67. The lowest BCUT2D eigenvalue weighted by Crippen LogP contribution is -1.89. The Labute approximate surface area is 89.0 Å². The van der Waals surface area contributed by atoms with E-state index in [0.717, 1.165) is 5.75 Å². The molecule has 2 heteroatoms. The SMILES string of the molecule is COc1ccc2cccc(CC=N)c2c1. The highest BCUT2D eigenvalue weighted by Crippen LogP contribution is 2.23. The van der Waals surface area contributed by atoms with Crippen LogP contribution in [0.1, 0.15) is 5.56 Å². The average Bonchev–Trinajstić information content (AvgIpc) is 2.29. The molecule has 2 nitrogen and oxygen atoms in total. The van der Waals surface area contributed by atoms with Crippen LogP contribution in [0, 0.1) is 5.41 Å². The van der Waals surface area contributed by atoms with Crippen molar-refractivity contribution in [2.75, 3.05) is 7.11 Å². The minimum atomic E-state index is 0.671. The molecule has 0 spiro atoms. The van der Waals surface area contributed by atoms with E-state index in [4.69, 9.17) is 10.1 Å². The summed E-state index contributed by atoms with van der Waals surface area (Å²) in [6.45, 7) is 0. The molecule has 0 unspecified atom stereocenters. The van der Waals surface area contributed by atoms with Crippen LogP contribution < -0.4 is 4.74 Å². The first-order chi connectivity index (χ1) is 7.35. The first-order valence-corrected chi connectivity index (χ1v) is 4.89. The highest BCUT2D eigenvalue weighted by Gasteiger charge is 2.01. The Hall–Kier alpha value is -1.83. The summed E-state index contributed by atoms with van der Waals surface area (Å²) in [6, 6.07) is 12.2. The van der Waals surface area contributed by atoms with Gasteiger partial charge in [-0.25, -0.2) is 0 Å². The van der Waals surface area contributed by atoms with Crippen molar-refractivity contribution in [1.82, 2.24) is 0 Å². The number of nitrogens with one attached hydrogen (secondary N) is 1. The molecule has 0 aliphatic heterocycles. The lowest BCUT2D eigenvalue weighted by Gasteiger charge is -2.06. The van der Waals surface area contributed by atoms with Crippen molar-refractivity contribution in [3.8, 4) is 5.75 Å². The van der Waals surface area contributed by atoms with E-state index in [-0.39, 0.29) is 0 Å². The summed E-state index contributed by atoms with van der Waals surface area (Å²) < 4.78 is 5.20. The summed E-state index contributed by atoms with van der Waals surface area (Å²) in [4.78, 5) is 0. The summed E-state index contributed by atoms with van der Waals surface area (Å²) in [5.41, 5.74) is 1.17. The molecule has 2 aromatic carbocycles. The molecule has 0 heterocycles. The fourth-order valence-electron chi connectivity index (χ4n) is 1.73. The largest absolute Gasteiger partial charge is 0.497 e. The second-order valence-electron chi connectivity index (χ2n) is 3.41. The molecule has 0 aromatic heterocycles. The van der Waals surface area contributed by atoms with Crippen molar-refractivity contribution in [3.63, 3.8) is 0 Å². The van der Waals surface area contributed by atoms with Gasteiger partial charge >= 0.3 is 0 Å². The maximum atomic E-state index is 7.16. The third-order valence-corrected chi connectivity index (χ3v) is 2.50. The van der Waals surface area contributed by atoms with Gasteiger partial charge in [0.05, 0.1) is 7.11 Å². The van der Waals surface area contributed by atoms with E-state index in [1.165, 1.54) is 22.6 Å². The Morgan fingerprint density at radius 1 is 1.27 bits per heavy atom. The molecule has 2 aromatic rings. The molecule has 0 aliphatic carbocycles. The third-order valence-electron chi connectivity index (χ3n) is 2.50. The van der Waals surface area contributed by atoms with E-state index in [9.17, 15) is 0 Å². The molecule has 0 fully saturated rings. The number of hydrogen-bond acceptors (Lipinski definition) is 2. The van der Waals surface area contributed by atoms with Crippen LogP contribution in [-0.2, 0) is 6.42 Å². The molecule has 0 amide bonds. The van der Waals surface area contributed by atoms with Gasteiger partial charge in [0.15, 0.2) is 0 Å². The maximum absolute atomic E-state index is 7.16. The van der Waals surface area contributed by atoms with Gasteiger partial charge in [-0.3, -0.25) is 0 Å². The summed E-state index contributed by atoms with van der Waals surface area (Å²) in [6.07, 6.45) is 2.10. The Morgan fingerprint density at radius 2 is 2.13 bits per heavy atom. The monoisotopic (exact) mass is 199 g/mol. The molecule has 0 radical (unpaired) electrons. The van der Waals surface area contributed by atoms with Gasteiger partial charge in [0.1, 0.15) is 5.75 Å². The van der Waals surface area contributed by atoms with E-state index in [1.54, 1.807) is 7.11 Å². The Bertz CT molecular complexity index is 491. The van der Waals surface area contributed by atoms with Crippen LogP contribution in [0.4, 0.5) is 0 Å². The van der Waals surface area contributed by atoms with E-state index >= 15 is 0 Å². The highest BCUT2D eigenvalue weighted by atomic mass is 16.5. The van der Waals surface area contributed by atoms with E-state index in [2.05, 4.69) is 6.07 Å². The zero-order chi connectivity index (χ0) is 10.7. The first-order valence-electron chi connectivity index (χ1n) is 4.89. The minimum absolute atomic E-state index is 0.671. The molecule has 76 valence electrons. The molecule has 0 atom stereocenters. The fraction of sp³-hybridized carbons (Fsp3) is 0.154. The zero-order valence-electron chi connectivity index (χ0n) is 8.66. The predicted molar refractivity (Wildman–Crippen MR) is 63.0 cm³/mol. The van der Waals surface area contributed by atoms with Crippen LogP contribution in [-0.4, -0.2) is 13.3 Å². The topological polar surface area (TPSA) is 33.1 Å². The molecule has 0 saturated carbocycles. The lowest BCUT2D eigenvalue weighted by molar-refractivity contribution is 0.415. The van der Waals surface area contributed by atoms with Gasteiger partial charge in [-0.1, -0.05) is 24.3 Å². The molecule has 2 rings (SSSR count). The number of benzene rings is 2. The van der Waals surface area contributed by atoms with Crippen molar-refractivity contribution >= 4 is 17.0 Å². The summed E-state index contributed by atoms with van der Waals surface area (Å²) in [5, 5.41) is 9.51. The van der Waals surface area contributed by atoms with Crippen molar-refractivity contribution in [3.05, 3.63) is 42.0 Å². The van der Waals surface area contributed by atoms with Gasteiger partial charge in [0.25, 0.3) is 0 Å². The van der Waals surface area contributed by atoms with Gasteiger partial charge in [0.2, 0.25) is 0 Å². The van der Waals surface area contributed by atoms with E-state index < -0.39 is 0 Å². The second kappa shape index (κ2) is 4.13. The smallest absolute Gasteiger partial charge is 0.119 e. The summed E-state index contributed by atoms with van der Waals surface area (Å²) >= 11 is 0. The maximum Gasteiger partial charge on any atom is 0.119 e. The van der Waals surface area contributed by atoms with Gasteiger partial charge in [0, 0.05) is 6.42 Å². The Kier molecular flexibility index (Phi) is 2.68. The number of fused-ring (bicyclic) bond motifs is 1. The minimum Gasteiger partial charge on any atom is -0.497 e. The van der Waals surface area contributed by atoms with Gasteiger partial charge < -0.3 is 10.1 Å². The quantitative estimate of drug-likeness (QED) is 0.757. The molecule has 0 aliphatic rings. The number of rotatable bonds is 3. The van der Waals surface area contributed by atoms with E-state index in [0.29, 0.717) is 6.42 Å². The first kappa shape index (κ1) is 9.71. The van der Waals surface area contributed by atoms with Crippen molar-refractivity contribution in [2.45, 2.75) is 6.42 Å². The van der Waals surface area contributed by atoms with Crippen LogP contribution in [0.5, 0.6) is 5.75 Å². The van der Waals surface area contributed by atoms with Crippen LogP contribution >= 0.6 is 0 Å². The van der Waals surface area contributed by atoms with Crippen LogP contribution in [0.2, 0.25) is 0 Å². The molecule has 0 bridgehead atoms. The van der Waals surface area contributed by atoms with Gasteiger partial charge in [-0.2, -0.15) is 0 Å². The van der Waals surface area contributed by atoms with Crippen molar-refractivity contribution < 1.29 is 4.74 Å². The molecule has 1 N–H and O–H groups in total. The Balaban J connectivity index is 2.64. The Morgan fingerprint density at radius 3 is 2.87 bits per heavy atom. The highest BCUT2D eigenvalue weighted by molar-refractivity contribution is 5.88. The van der Waals surface area contributed by atoms with Crippen LogP contribution in [0.15, 0.2) is 36.4 Å². The third kappa shape index (κ3) is 1.84. The lowest BCUT2D eigenvalue weighted by atomic mass is 10.0. The molecular weight excluding hydrogens is 186 g/mol. The fourth-order valence-corrected chi connectivity index (χ4v) is 1.73. The van der Waals surface area contributed by atoms with Crippen molar-refractivity contribution in [1.29, 1.82) is 5.41 Å². The van der Waals surface area contributed by atoms with Gasteiger partial charge in [-0.05, 0) is 34.7 Å². The van der Waals surface area contributed by atoms with Gasteiger partial charge in [-0.15, -0.1) is 0 Å². The van der Waals surface area contributed by atoms with Crippen LogP contribution in [0.25, 0.3) is 10.8 Å².